The molecule has 1 saturated carbocycles. The number of rotatable bonds is 8. The van der Waals surface area contributed by atoms with E-state index in [9.17, 15) is 13.6 Å². The molecule has 2 aromatic rings. The van der Waals surface area contributed by atoms with E-state index in [0.717, 1.165) is 31.7 Å². The predicted molar refractivity (Wildman–Crippen MR) is 115 cm³/mol. The van der Waals surface area contributed by atoms with Crippen LogP contribution >= 0.6 is 0 Å². The summed E-state index contributed by atoms with van der Waals surface area (Å²) in [5.41, 5.74) is 8.06. The van der Waals surface area contributed by atoms with Crippen LogP contribution in [0.15, 0.2) is 48.5 Å². The Labute approximate surface area is 177 Å². The molecule has 1 amide bonds. The van der Waals surface area contributed by atoms with Crippen LogP contribution in [-0.4, -0.2) is 24.5 Å². The summed E-state index contributed by atoms with van der Waals surface area (Å²) in [6.45, 7) is 1.91. The summed E-state index contributed by atoms with van der Waals surface area (Å²) in [6.07, 6.45) is 5.84. The molecular weight excluding hydrogens is 384 g/mol. The van der Waals surface area contributed by atoms with Crippen molar-refractivity contribution in [2.75, 3.05) is 6.54 Å². The molecule has 30 heavy (non-hydrogen) atoms. The molecule has 162 valence electrons. The smallest absolute Gasteiger partial charge is 0.217 e. The van der Waals surface area contributed by atoms with Crippen molar-refractivity contribution >= 4 is 5.91 Å². The molecule has 1 aliphatic carbocycles. The van der Waals surface area contributed by atoms with Crippen molar-refractivity contribution in [2.24, 2.45) is 5.73 Å². The summed E-state index contributed by atoms with van der Waals surface area (Å²) in [4.78, 5) is 11.7. The van der Waals surface area contributed by atoms with Gasteiger partial charge in [-0.2, -0.15) is 0 Å². The fraction of sp³-hybridized carbons (Fsp3) is 0.458. The lowest BCUT2D eigenvalue weighted by Crippen LogP contribution is -2.56. The van der Waals surface area contributed by atoms with Gasteiger partial charge in [-0.3, -0.25) is 4.79 Å². The van der Waals surface area contributed by atoms with Crippen LogP contribution in [0.5, 0.6) is 0 Å². The van der Waals surface area contributed by atoms with Gasteiger partial charge in [-0.1, -0.05) is 49.6 Å². The third-order valence-corrected chi connectivity index (χ3v) is 5.99. The highest BCUT2D eigenvalue weighted by Gasteiger charge is 2.34. The lowest BCUT2D eigenvalue weighted by Gasteiger charge is -2.40. The van der Waals surface area contributed by atoms with Crippen LogP contribution in [0.2, 0.25) is 0 Å². The normalized spacial score (nSPS) is 17.9. The average molecular weight is 416 g/mol. The summed E-state index contributed by atoms with van der Waals surface area (Å²) >= 11 is 0. The summed E-state index contributed by atoms with van der Waals surface area (Å²) in [7, 11) is 0. The minimum absolute atomic E-state index is 0.136. The third-order valence-electron chi connectivity index (χ3n) is 5.99. The second-order valence-corrected chi connectivity index (χ2v) is 8.34. The Morgan fingerprint density at radius 2 is 1.70 bits per heavy atom. The molecule has 6 heteroatoms. The molecular formula is C24H31F2N3O. The second kappa shape index (κ2) is 10.1. The molecule has 4 N–H and O–H groups in total. The number of carbonyl (C=O) groups excluding carboxylic acids is 1. The van der Waals surface area contributed by atoms with E-state index in [-0.39, 0.29) is 17.9 Å². The van der Waals surface area contributed by atoms with Crippen molar-refractivity contribution < 1.29 is 13.6 Å². The van der Waals surface area contributed by atoms with Crippen molar-refractivity contribution in [3.05, 3.63) is 71.3 Å². The monoisotopic (exact) mass is 415 g/mol. The minimum Gasteiger partial charge on any atom is -0.352 e. The highest BCUT2D eigenvalue weighted by molar-refractivity contribution is 5.73. The van der Waals surface area contributed by atoms with Gasteiger partial charge >= 0.3 is 0 Å². The first kappa shape index (κ1) is 22.4. The molecule has 0 aliphatic heterocycles. The molecule has 0 spiro atoms. The summed E-state index contributed by atoms with van der Waals surface area (Å²) in [5, 5.41) is 6.55. The lowest BCUT2D eigenvalue weighted by molar-refractivity contribution is -0.119. The second-order valence-electron chi connectivity index (χ2n) is 8.34. The number of hydrogen-bond donors (Lipinski definition) is 3. The topological polar surface area (TPSA) is 67.2 Å². The van der Waals surface area contributed by atoms with E-state index in [4.69, 9.17) is 5.73 Å². The molecule has 4 nitrogen and oxygen atoms in total. The maximum absolute atomic E-state index is 13.6. The van der Waals surface area contributed by atoms with Crippen LogP contribution < -0.4 is 16.4 Å². The fourth-order valence-corrected chi connectivity index (χ4v) is 4.49. The van der Waals surface area contributed by atoms with Gasteiger partial charge in [0, 0.05) is 37.2 Å². The van der Waals surface area contributed by atoms with Crippen molar-refractivity contribution in [2.45, 2.75) is 63.1 Å². The molecule has 3 rings (SSSR count). The molecule has 1 fully saturated rings. The van der Waals surface area contributed by atoms with Crippen LogP contribution in [0.3, 0.4) is 0 Å². The number of benzene rings is 2. The van der Waals surface area contributed by atoms with Crippen LogP contribution in [0.1, 0.15) is 50.2 Å². The van der Waals surface area contributed by atoms with Gasteiger partial charge < -0.3 is 16.4 Å². The van der Waals surface area contributed by atoms with Crippen LogP contribution in [0.4, 0.5) is 8.78 Å². The first-order valence-corrected chi connectivity index (χ1v) is 10.7. The Morgan fingerprint density at radius 3 is 2.30 bits per heavy atom. The Bertz CT molecular complexity index is 817. The van der Waals surface area contributed by atoms with E-state index in [2.05, 4.69) is 22.8 Å². The van der Waals surface area contributed by atoms with Crippen LogP contribution in [-0.2, 0) is 16.8 Å². The first-order valence-electron chi connectivity index (χ1n) is 10.7. The number of amides is 1. The van der Waals surface area contributed by atoms with Gasteiger partial charge in [-0.05, 0) is 42.5 Å². The quantitative estimate of drug-likeness (QED) is 0.615. The van der Waals surface area contributed by atoms with Crippen molar-refractivity contribution in [1.29, 1.82) is 0 Å². The van der Waals surface area contributed by atoms with Crippen molar-refractivity contribution in [1.82, 2.24) is 10.6 Å². The molecule has 2 atom stereocenters. The standard InChI is InChI=1S/C24H31F2N3O/c1-17(30)29-23(14-18-12-20(25)15-21(26)13-18)22(27)16-28-24(10-6-3-7-11-24)19-8-4-2-5-9-19/h2,4-5,8-9,12-13,15,22-23,28H,3,6-7,10-11,14,16,27H2,1H3,(H,29,30)/t22-,23-/m0/s1. The Balaban J connectivity index is 1.73. The molecule has 0 bridgehead atoms. The van der Waals surface area contributed by atoms with Gasteiger partial charge in [0.2, 0.25) is 5.91 Å². The van der Waals surface area contributed by atoms with Crippen LogP contribution in [0, 0.1) is 11.6 Å². The first-order chi connectivity index (χ1) is 14.4. The van der Waals surface area contributed by atoms with Crippen molar-refractivity contribution in [3.63, 3.8) is 0 Å². The number of nitrogens with two attached hydrogens (primary N) is 1. The van der Waals surface area contributed by atoms with E-state index in [1.54, 1.807) is 0 Å². The van der Waals surface area contributed by atoms with Gasteiger partial charge in [0.25, 0.3) is 0 Å². The minimum atomic E-state index is -0.636. The number of halogens is 2. The largest absolute Gasteiger partial charge is 0.352 e. The van der Waals surface area contributed by atoms with Crippen molar-refractivity contribution in [3.8, 4) is 0 Å². The van der Waals surface area contributed by atoms with Gasteiger partial charge in [0.15, 0.2) is 0 Å². The highest BCUT2D eigenvalue weighted by atomic mass is 19.1. The maximum atomic E-state index is 13.6. The molecule has 0 unspecified atom stereocenters. The Morgan fingerprint density at radius 1 is 1.07 bits per heavy atom. The Kier molecular flexibility index (Phi) is 7.56. The van der Waals surface area contributed by atoms with E-state index < -0.39 is 23.7 Å². The zero-order valence-electron chi connectivity index (χ0n) is 17.5. The van der Waals surface area contributed by atoms with E-state index in [0.29, 0.717) is 12.1 Å². The molecule has 0 aromatic heterocycles. The van der Waals surface area contributed by atoms with Gasteiger partial charge in [-0.25, -0.2) is 8.78 Å². The Hall–Kier alpha value is -2.31. The maximum Gasteiger partial charge on any atom is 0.217 e. The fourth-order valence-electron chi connectivity index (χ4n) is 4.49. The van der Waals surface area contributed by atoms with Crippen LogP contribution in [0.25, 0.3) is 0 Å². The van der Waals surface area contributed by atoms with E-state index in [1.807, 2.05) is 18.2 Å². The van der Waals surface area contributed by atoms with Gasteiger partial charge in [0.05, 0.1) is 0 Å². The zero-order valence-corrected chi connectivity index (χ0v) is 17.5. The third kappa shape index (κ3) is 5.86. The molecule has 0 saturated heterocycles. The SMILES string of the molecule is CC(=O)N[C@@H](Cc1cc(F)cc(F)c1)[C@@H](N)CNC1(c2ccccc2)CCCCC1. The zero-order chi connectivity index (χ0) is 21.6. The molecule has 0 radical (unpaired) electrons. The molecule has 0 heterocycles. The molecule has 2 aromatic carbocycles. The van der Waals surface area contributed by atoms with E-state index in [1.165, 1.54) is 31.0 Å². The highest BCUT2D eigenvalue weighted by Crippen LogP contribution is 2.37. The number of carbonyl (C=O) groups is 1. The number of hydrogen-bond acceptors (Lipinski definition) is 3. The summed E-state index contributed by atoms with van der Waals surface area (Å²) in [5.74, 6) is -1.49. The summed E-state index contributed by atoms with van der Waals surface area (Å²) < 4.78 is 27.2. The van der Waals surface area contributed by atoms with Gasteiger partial charge in [-0.15, -0.1) is 0 Å². The summed E-state index contributed by atoms with van der Waals surface area (Å²) in [6, 6.07) is 12.9. The van der Waals surface area contributed by atoms with Gasteiger partial charge in [0.1, 0.15) is 11.6 Å². The molecule has 1 aliphatic rings. The predicted octanol–water partition coefficient (Wildman–Crippen LogP) is 3.79. The number of nitrogens with one attached hydrogen (secondary N) is 2. The average Bonchev–Trinajstić information content (AvgIpc) is 2.72. The lowest BCUT2D eigenvalue weighted by atomic mass is 9.76. The van der Waals surface area contributed by atoms with E-state index >= 15 is 0 Å².